The second kappa shape index (κ2) is 9.77. The first-order valence-corrected chi connectivity index (χ1v) is 11.1. The molecule has 1 fully saturated rings. The molecule has 0 aliphatic carbocycles. The topological polar surface area (TPSA) is 80.1 Å². The molecule has 1 saturated heterocycles. The van der Waals surface area contributed by atoms with Gasteiger partial charge in [-0.1, -0.05) is 32.0 Å². The van der Waals surface area contributed by atoms with Crippen molar-refractivity contribution in [3.63, 3.8) is 0 Å². The molecule has 4 rings (SSSR count). The minimum Gasteiger partial charge on any atom is -0.352 e. The Bertz CT molecular complexity index is 1080. The van der Waals surface area contributed by atoms with E-state index in [1.54, 1.807) is 18.5 Å². The first-order valence-electron chi connectivity index (χ1n) is 11.1. The summed E-state index contributed by atoms with van der Waals surface area (Å²) in [6, 6.07) is 13.2. The van der Waals surface area contributed by atoms with E-state index in [9.17, 15) is 9.59 Å². The van der Waals surface area contributed by atoms with Crippen LogP contribution >= 0.6 is 0 Å². The lowest BCUT2D eigenvalue weighted by Gasteiger charge is -2.19. The van der Waals surface area contributed by atoms with Crippen LogP contribution in [-0.4, -0.2) is 51.1 Å². The molecule has 7 nitrogen and oxygen atoms in total. The Morgan fingerprint density at radius 3 is 2.69 bits per heavy atom. The van der Waals surface area contributed by atoms with Gasteiger partial charge in [-0.15, -0.1) is 0 Å². The van der Waals surface area contributed by atoms with Crippen molar-refractivity contribution in [2.24, 2.45) is 5.92 Å². The van der Waals surface area contributed by atoms with Crippen LogP contribution in [0, 0.1) is 5.92 Å². The summed E-state index contributed by atoms with van der Waals surface area (Å²) in [5.41, 5.74) is 3.01. The molecule has 1 N–H and O–H groups in total. The van der Waals surface area contributed by atoms with Crippen molar-refractivity contribution in [1.82, 2.24) is 25.0 Å². The molecule has 1 unspecified atom stereocenters. The van der Waals surface area contributed by atoms with Crippen molar-refractivity contribution in [3.8, 4) is 0 Å². The number of pyridine rings is 1. The van der Waals surface area contributed by atoms with E-state index in [0.29, 0.717) is 43.2 Å². The van der Waals surface area contributed by atoms with E-state index in [1.165, 1.54) is 0 Å². The molecule has 0 spiro atoms. The normalized spacial score (nSPS) is 15.8. The summed E-state index contributed by atoms with van der Waals surface area (Å²) in [4.78, 5) is 32.5. The first kappa shape index (κ1) is 21.7. The Balaban J connectivity index is 1.49. The molecule has 1 aromatic carbocycles. The van der Waals surface area contributed by atoms with Gasteiger partial charge in [0.2, 0.25) is 0 Å². The number of likely N-dealkylation sites (tertiary alicyclic amines) is 1. The zero-order valence-electron chi connectivity index (χ0n) is 18.6. The van der Waals surface area contributed by atoms with E-state index in [1.807, 2.05) is 52.2 Å². The molecule has 3 aromatic rings. The number of carbonyl (C=O) groups excluding carboxylic acids is 2. The van der Waals surface area contributed by atoms with Crippen molar-refractivity contribution >= 4 is 11.8 Å². The number of hydrogen-bond donors (Lipinski definition) is 1. The Kier molecular flexibility index (Phi) is 6.63. The lowest BCUT2D eigenvalue weighted by molar-refractivity contribution is 0.0789. The maximum atomic E-state index is 13.4. The number of nitrogens with one attached hydrogen (secondary N) is 1. The Hall–Kier alpha value is -3.48. The van der Waals surface area contributed by atoms with Crippen LogP contribution in [0.5, 0.6) is 0 Å². The minimum absolute atomic E-state index is 0.0111. The SMILES string of the molecule is CC(C)CNC(=O)c1cccnc1C1CCN(C(=O)c2ccccc2Cn2cccn2)C1. The fourth-order valence-electron chi connectivity index (χ4n) is 4.10. The average Bonchev–Trinajstić information content (AvgIpc) is 3.50. The zero-order valence-corrected chi connectivity index (χ0v) is 18.6. The number of rotatable bonds is 7. The predicted molar refractivity (Wildman–Crippen MR) is 122 cm³/mol. The number of nitrogens with zero attached hydrogens (tertiary/aromatic N) is 4. The number of benzene rings is 1. The molecule has 32 heavy (non-hydrogen) atoms. The van der Waals surface area contributed by atoms with Crippen molar-refractivity contribution < 1.29 is 9.59 Å². The molecule has 7 heteroatoms. The van der Waals surface area contributed by atoms with Crippen LogP contribution in [0.1, 0.15) is 58.2 Å². The minimum atomic E-state index is -0.101. The van der Waals surface area contributed by atoms with Crippen LogP contribution in [0.2, 0.25) is 0 Å². The third-order valence-corrected chi connectivity index (χ3v) is 5.76. The van der Waals surface area contributed by atoms with Gasteiger partial charge < -0.3 is 10.2 Å². The number of carbonyl (C=O) groups is 2. The van der Waals surface area contributed by atoms with Gasteiger partial charge in [0.05, 0.1) is 17.8 Å². The van der Waals surface area contributed by atoms with Crippen LogP contribution < -0.4 is 5.32 Å². The summed E-state index contributed by atoms with van der Waals surface area (Å²) in [6.45, 7) is 6.49. The quantitative estimate of drug-likeness (QED) is 0.622. The molecule has 1 aliphatic heterocycles. The van der Waals surface area contributed by atoms with Crippen molar-refractivity contribution in [2.45, 2.75) is 32.7 Å². The van der Waals surface area contributed by atoms with E-state index in [0.717, 1.165) is 17.7 Å². The molecule has 1 atom stereocenters. The fourth-order valence-corrected chi connectivity index (χ4v) is 4.10. The monoisotopic (exact) mass is 431 g/mol. The molecular formula is C25H29N5O2. The van der Waals surface area contributed by atoms with Gasteiger partial charge in [0.25, 0.3) is 11.8 Å². The first-order chi connectivity index (χ1) is 15.5. The van der Waals surface area contributed by atoms with E-state index in [2.05, 4.69) is 29.2 Å². The Morgan fingerprint density at radius 2 is 1.91 bits per heavy atom. The van der Waals surface area contributed by atoms with Crippen molar-refractivity contribution in [1.29, 1.82) is 0 Å². The molecule has 3 heterocycles. The van der Waals surface area contributed by atoms with Gasteiger partial charge >= 0.3 is 0 Å². The summed E-state index contributed by atoms with van der Waals surface area (Å²) in [5, 5.41) is 7.24. The summed E-state index contributed by atoms with van der Waals surface area (Å²) in [5.74, 6) is 0.326. The lowest BCUT2D eigenvalue weighted by Crippen LogP contribution is -2.31. The highest BCUT2D eigenvalue weighted by Crippen LogP contribution is 2.29. The van der Waals surface area contributed by atoms with Crippen LogP contribution in [0.15, 0.2) is 61.1 Å². The Morgan fingerprint density at radius 1 is 1.09 bits per heavy atom. The highest BCUT2D eigenvalue weighted by molar-refractivity contribution is 5.97. The van der Waals surface area contributed by atoms with Gasteiger partial charge in [-0.3, -0.25) is 19.3 Å². The molecule has 0 saturated carbocycles. The second-order valence-electron chi connectivity index (χ2n) is 8.64. The largest absolute Gasteiger partial charge is 0.352 e. The van der Waals surface area contributed by atoms with Crippen molar-refractivity contribution in [2.75, 3.05) is 19.6 Å². The molecule has 2 aromatic heterocycles. The summed E-state index contributed by atoms with van der Waals surface area (Å²) in [6.07, 6.45) is 6.13. The smallest absolute Gasteiger partial charge is 0.254 e. The Labute approximate surface area is 188 Å². The summed E-state index contributed by atoms with van der Waals surface area (Å²) < 4.78 is 1.81. The van der Waals surface area contributed by atoms with E-state index in [-0.39, 0.29) is 17.7 Å². The third kappa shape index (κ3) is 4.88. The third-order valence-electron chi connectivity index (χ3n) is 5.76. The van der Waals surface area contributed by atoms with Gasteiger partial charge in [-0.2, -0.15) is 5.10 Å². The van der Waals surface area contributed by atoms with E-state index in [4.69, 9.17) is 0 Å². The second-order valence-corrected chi connectivity index (χ2v) is 8.64. The highest BCUT2D eigenvalue weighted by Gasteiger charge is 2.32. The fraction of sp³-hybridized carbons (Fsp3) is 0.360. The molecule has 1 aliphatic rings. The molecular weight excluding hydrogens is 402 g/mol. The van der Waals surface area contributed by atoms with E-state index >= 15 is 0 Å². The maximum Gasteiger partial charge on any atom is 0.254 e. The molecule has 0 radical (unpaired) electrons. The summed E-state index contributed by atoms with van der Waals surface area (Å²) in [7, 11) is 0. The molecule has 2 amide bonds. The predicted octanol–water partition coefficient (Wildman–Crippen LogP) is 3.34. The highest BCUT2D eigenvalue weighted by atomic mass is 16.2. The molecule has 166 valence electrons. The van der Waals surface area contributed by atoms with E-state index < -0.39 is 0 Å². The van der Waals surface area contributed by atoms with Gasteiger partial charge in [0.15, 0.2) is 0 Å². The van der Waals surface area contributed by atoms with Crippen molar-refractivity contribution in [3.05, 3.63) is 83.4 Å². The molecule has 0 bridgehead atoms. The zero-order chi connectivity index (χ0) is 22.5. The van der Waals surface area contributed by atoms with Crippen LogP contribution in [-0.2, 0) is 6.54 Å². The van der Waals surface area contributed by atoms with Gasteiger partial charge in [0, 0.05) is 49.7 Å². The van der Waals surface area contributed by atoms with Gasteiger partial charge in [-0.25, -0.2) is 0 Å². The van der Waals surface area contributed by atoms with Crippen LogP contribution in [0.4, 0.5) is 0 Å². The number of amides is 2. The standard InChI is InChI=1S/C25H29N5O2/c1-18(2)15-27-24(31)22-9-5-11-26-23(22)20-10-14-29(16-20)25(32)21-8-4-3-7-19(21)17-30-13-6-12-28-30/h3-9,11-13,18,20H,10,14-17H2,1-2H3,(H,27,31). The van der Waals surface area contributed by atoms with Gasteiger partial charge in [0.1, 0.15) is 0 Å². The maximum absolute atomic E-state index is 13.4. The van der Waals surface area contributed by atoms with Crippen LogP contribution in [0.3, 0.4) is 0 Å². The summed E-state index contributed by atoms with van der Waals surface area (Å²) >= 11 is 0. The number of hydrogen-bond acceptors (Lipinski definition) is 4. The van der Waals surface area contributed by atoms with Crippen LogP contribution in [0.25, 0.3) is 0 Å². The number of aromatic nitrogens is 3. The van der Waals surface area contributed by atoms with Gasteiger partial charge in [-0.05, 0) is 42.2 Å². The lowest BCUT2D eigenvalue weighted by atomic mass is 9.98. The average molecular weight is 432 g/mol.